The number of aromatic nitrogens is 3. The van der Waals surface area contributed by atoms with Crippen LogP contribution in [-0.4, -0.2) is 123 Å². The van der Waals surface area contributed by atoms with Gasteiger partial charge in [0.25, 0.3) is 16.1 Å². The number of fused-ring (bicyclic) bond motifs is 1. The van der Waals surface area contributed by atoms with Crippen molar-refractivity contribution in [2.24, 2.45) is 17.2 Å². The lowest BCUT2D eigenvalue weighted by Crippen LogP contribution is -2.61. The molecule has 7 atom stereocenters. The van der Waals surface area contributed by atoms with Crippen LogP contribution in [-0.2, 0) is 76.0 Å². The highest BCUT2D eigenvalue weighted by molar-refractivity contribution is 7.87. The van der Waals surface area contributed by atoms with Crippen LogP contribution in [0.3, 0.4) is 0 Å². The number of imidazole rings is 1. The third kappa shape index (κ3) is 18.0. The highest BCUT2D eigenvalue weighted by Crippen LogP contribution is 2.20. The largest absolute Gasteiger partial charge is 0.508 e. The van der Waals surface area contributed by atoms with Crippen LogP contribution < -0.4 is 53.9 Å². The van der Waals surface area contributed by atoms with Gasteiger partial charge in [0.15, 0.2) is 0 Å². The number of carbonyl (C=O) groups excluding carboxylic acids is 7. The second kappa shape index (κ2) is 28.9. The van der Waals surface area contributed by atoms with Crippen LogP contribution >= 0.6 is 0 Å². The quantitative estimate of drug-likeness (QED) is 0.0211. The minimum Gasteiger partial charge on any atom is -0.508 e. The van der Waals surface area contributed by atoms with Gasteiger partial charge in [0.05, 0.1) is 24.6 Å². The summed E-state index contributed by atoms with van der Waals surface area (Å²) in [6, 6.07) is 16.8. The predicted molar refractivity (Wildman–Crippen MR) is 293 cm³/mol. The fourth-order valence-electron chi connectivity index (χ4n) is 8.36. The molecule has 0 spiro atoms. The lowest BCUT2D eigenvalue weighted by Gasteiger charge is -2.28. The second-order valence-electron chi connectivity index (χ2n) is 19.1. The Bertz CT molecular complexity index is 3170. The van der Waals surface area contributed by atoms with Gasteiger partial charge < -0.3 is 58.9 Å². The third-order valence-corrected chi connectivity index (χ3v) is 14.2. The Labute approximate surface area is 461 Å². The van der Waals surface area contributed by atoms with E-state index in [2.05, 4.69) is 51.7 Å². The zero-order valence-corrected chi connectivity index (χ0v) is 44.8. The van der Waals surface area contributed by atoms with Crippen molar-refractivity contribution in [2.75, 3.05) is 6.54 Å². The first-order chi connectivity index (χ1) is 38.2. The van der Waals surface area contributed by atoms with Gasteiger partial charge in [-0.2, -0.15) is 13.1 Å². The van der Waals surface area contributed by atoms with Crippen molar-refractivity contribution >= 4 is 62.5 Å². The summed E-state index contributed by atoms with van der Waals surface area (Å²) in [7, 11) is -4.98. The topological polar surface area (TPSA) is 384 Å². The van der Waals surface area contributed by atoms with Crippen molar-refractivity contribution < 1.29 is 51.5 Å². The first-order valence-corrected chi connectivity index (χ1v) is 27.1. The van der Waals surface area contributed by atoms with E-state index in [1.54, 1.807) is 72.9 Å². The average molecular weight is 1120 g/mol. The number of hydrazine groups is 1. The van der Waals surface area contributed by atoms with E-state index in [0.717, 1.165) is 12.1 Å². The Morgan fingerprint density at radius 3 is 1.91 bits per heavy atom. The number of rotatable bonds is 30. The highest BCUT2D eigenvalue weighted by atomic mass is 32.2. The Hall–Kier alpha value is -8.56. The number of nitrogens with two attached hydrogens (primary N) is 3. The lowest BCUT2D eigenvalue weighted by atomic mass is 10.0. The number of primary amides is 1. The molecular weight excluding hydrogens is 1060 g/mol. The molecule has 0 radical (unpaired) electrons. The van der Waals surface area contributed by atoms with Crippen LogP contribution in [0.4, 0.5) is 4.39 Å². The summed E-state index contributed by atoms with van der Waals surface area (Å²) in [5.74, 6) is -6.72. The van der Waals surface area contributed by atoms with E-state index in [1.807, 2.05) is 0 Å². The second-order valence-corrected chi connectivity index (χ2v) is 20.7. The van der Waals surface area contributed by atoms with Gasteiger partial charge in [0.2, 0.25) is 35.4 Å². The van der Waals surface area contributed by atoms with E-state index >= 15 is 0 Å². The van der Waals surface area contributed by atoms with E-state index in [4.69, 9.17) is 17.2 Å². The van der Waals surface area contributed by atoms with Crippen LogP contribution in [0.2, 0.25) is 0 Å². The van der Waals surface area contributed by atoms with Gasteiger partial charge >= 0.3 is 0 Å². The van der Waals surface area contributed by atoms with Gasteiger partial charge in [0, 0.05) is 36.1 Å². The normalized spacial score (nSPS) is 14.1. The third-order valence-electron chi connectivity index (χ3n) is 12.8. The van der Waals surface area contributed by atoms with Gasteiger partial charge in [-0.15, -0.1) is 0 Å². The fourth-order valence-corrected chi connectivity index (χ4v) is 9.56. The summed E-state index contributed by atoms with van der Waals surface area (Å²) in [6.07, 6.45) is 5.06. The molecule has 0 saturated heterocycles. The molecule has 24 nitrogen and oxygen atoms in total. The van der Waals surface area contributed by atoms with Crippen LogP contribution in [0.25, 0.3) is 10.9 Å². The van der Waals surface area contributed by atoms with Crippen molar-refractivity contribution in [3.05, 3.63) is 156 Å². The number of benzene rings is 4. The zero-order chi connectivity index (χ0) is 57.9. The van der Waals surface area contributed by atoms with E-state index in [0.29, 0.717) is 57.1 Å². The maximum atomic E-state index is 14.5. The van der Waals surface area contributed by atoms with Crippen molar-refractivity contribution in [2.45, 2.75) is 108 Å². The molecule has 0 aliphatic rings. The molecular formula is C54H67FN14O10S. The van der Waals surface area contributed by atoms with E-state index in [9.17, 15) is 51.5 Å². The first-order valence-electron chi connectivity index (χ1n) is 25.7. The van der Waals surface area contributed by atoms with Crippen molar-refractivity contribution in [1.29, 1.82) is 0 Å². The number of nitrogens with one attached hydrogen (secondary N) is 9. The molecule has 0 aliphatic heterocycles. The molecule has 0 unspecified atom stereocenters. The Morgan fingerprint density at radius 1 is 0.650 bits per heavy atom. The Kier molecular flexibility index (Phi) is 21.9. The molecule has 0 bridgehead atoms. The molecule has 6 rings (SSSR count). The maximum Gasteiger partial charge on any atom is 0.297 e. The summed E-state index contributed by atoms with van der Waals surface area (Å²) >= 11 is 0. The molecule has 7 amide bonds. The van der Waals surface area contributed by atoms with Gasteiger partial charge in [0.1, 0.15) is 47.8 Å². The molecule has 26 heteroatoms. The maximum absolute atomic E-state index is 14.5. The van der Waals surface area contributed by atoms with Gasteiger partial charge in [-0.3, -0.25) is 39.0 Å². The van der Waals surface area contributed by atoms with Crippen molar-refractivity contribution in [3.8, 4) is 5.75 Å². The number of nitrogens with zero attached hydrogens (tertiary/aromatic N) is 2. The monoisotopic (exact) mass is 1120 g/mol. The number of phenols is 1. The molecule has 0 aliphatic carbocycles. The van der Waals surface area contributed by atoms with Crippen LogP contribution in [0.5, 0.6) is 5.75 Å². The number of halogens is 1. The predicted octanol–water partition coefficient (Wildman–Crippen LogP) is 0.148. The van der Waals surface area contributed by atoms with E-state index in [1.165, 1.54) is 50.6 Å². The molecule has 0 saturated carbocycles. The van der Waals surface area contributed by atoms with E-state index in [-0.39, 0.29) is 43.4 Å². The first kappa shape index (κ1) is 60.7. The van der Waals surface area contributed by atoms with Crippen molar-refractivity contribution in [1.82, 2.24) is 56.1 Å². The molecule has 4 aromatic carbocycles. The Balaban J connectivity index is 1.22. The number of phenolic OH excluding ortho intramolecular Hbond substituents is 1. The summed E-state index contributed by atoms with van der Waals surface area (Å²) < 4.78 is 46.0. The van der Waals surface area contributed by atoms with Gasteiger partial charge in [-0.25, -0.2) is 9.37 Å². The number of para-hydroxylation sites is 1. The number of hydrogen-bond donors (Lipinski definition) is 13. The van der Waals surface area contributed by atoms with Gasteiger partial charge in [-0.05, 0) is 105 Å². The number of carbonyl (C=O) groups is 7. The summed E-state index contributed by atoms with van der Waals surface area (Å²) in [5, 5.41) is 23.3. The smallest absolute Gasteiger partial charge is 0.297 e. The van der Waals surface area contributed by atoms with Crippen LogP contribution in [0, 0.1) is 5.82 Å². The SMILES string of the molecule is C[C@H](NC(=O)[C@@H](N)Cc1ccc(O)cc1)C(=O)N[C@@H](Cc1c[nH]cn1)C(=O)N[C@H](Cc1c[nH]c2ccccc12)C(=O)N[C@@H](C)C(=O)NN(Cc1ccc(F)cc1)S(=O)(=O)N[C@H](Cc1ccccc1)C(=O)N[C@@H](CCCCN)C(N)=O. The van der Waals surface area contributed by atoms with Crippen LogP contribution in [0.15, 0.2) is 122 Å². The minimum absolute atomic E-state index is 0.0309. The molecule has 16 N–H and O–H groups in total. The number of hydrogen-bond acceptors (Lipinski definition) is 13. The minimum atomic E-state index is -4.98. The Morgan fingerprint density at radius 2 is 1.24 bits per heavy atom. The molecule has 2 aromatic heterocycles. The summed E-state index contributed by atoms with van der Waals surface area (Å²) in [6.45, 7) is 2.33. The average Bonchev–Trinajstić information content (AvgIpc) is 4.12. The lowest BCUT2D eigenvalue weighted by molar-refractivity contribution is -0.134. The summed E-state index contributed by atoms with van der Waals surface area (Å²) in [4.78, 5) is 106. The molecule has 426 valence electrons. The van der Waals surface area contributed by atoms with Crippen molar-refractivity contribution in [3.63, 3.8) is 0 Å². The van der Waals surface area contributed by atoms with Crippen LogP contribution in [0.1, 0.15) is 61.1 Å². The van der Waals surface area contributed by atoms with E-state index < -0.39 is 106 Å². The number of aromatic hydroxyl groups is 1. The number of H-pyrrole nitrogens is 2. The number of unbranched alkanes of at least 4 members (excludes halogenated alkanes) is 1. The molecule has 0 fully saturated rings. The highest BCUT2D eigenvalue weighted by Gasteiger charge is 2.35. The summed E-state index contributed by atoms with van der Waals surface area (Å²) in [5.41, 5.74) is 22.7. The van der Waals surface area contributed by atoms with Gasteiger partial charge in [-0.1, -0.05) is 77.2 Å². The molecule has 6 aromatic rings. The molecule has 2 heterocycles. The fraction of sp³-hybridized carbons (Fsp3) is 0.333. The number of aromatic amines is 2. The number of amides is 7. The zero-order valence-electron chi connectivity index (χ0n) is 44.0. The standard InChI is InChI=1S/C54H67FN14O10S/c1-32(62-51(74)42(57)24-35-17-21-40(70)22-18-35)49(72)65-46(27-39-29-59-31-61-39)53(76)66-45(26-37-28-60-43-13-7-6-12-41(37)43)52(75)63-33(2)50(73)67-69(30-36-15-19-38(55)20-16-36)80(78,79)68-47(25-34-10-4-3-5-11-34)54(77)64-44(48(58)71)14-8-9-23-56/h3-7,10-13,15-22,28-29,31-33,42,44-47,60,68,70H,8-9,14,23-27,30,56-57H2,1-2H3,(H2,58,71)(H,59,61)(H,62,74)(H,63,75)(H,64,77)(H,65,72)(H,66,76)(H,67,73)/t32-,33-,42-,44-,45+,46-,47+/m0/s1. The molecule has 80 heavy (non-hydrogen) atoms.